The van der Waals surface area contributed by atoms with Crippen LogP contribution in [0.1, 0.15) is 33.5 Å². The molecule has 0 saturated carbocycles. The largest absolute Gasteiger partial charge is 0.308 e. The topological polar surface area (TPSA) is 20.3 Å². The average Bonchev–Trinajstić information content (AvgIpc) is 2.48. The van der Waals surface area contributed by atoms with E-state index in [0.29, 0.717) is 0 Å². The van der Waals surface area contributed by atoms with Gasteiger partial charge in [0.05, 0.1) is 5.56 Å². The van der Waals surface area contributed by atoms with Crippen LogP contribution in [0.3, 0.4) is 0 Å². The molecule has 1 amide bonds. The molecule has 0 atom stereocenters. The molecule has 1 heterocycles. The van der Waals surface area contributed by atoms with Crippen molar-refractivity contribution in [2.24, 2.45) is 0 Å². The summed E-state index contributed by atoms with van der Waals surface area (Å²) in [6.07, 6.45) is 2.07. The Bertz CT molecular complexity index is 708. The Morgan fingerprint density at radius 1 is 1.10 bits per heavy atom. The first-order valence-electron chi connectivity index (χ1n) is 7.24. The highest BCUT2D eigenvalue weighted by Gasteiger charge is 2.24. The Morgan fingerprint density at radius 3 is 2.62 bits per heavy atom. The van der Waals surface area contributed by atoms with E-state index in [4.69, 9.17) is 0 Å². The van der Waals surface area contributed by atoms with E-state index in [1.807, 2.05) is 30.0 Å². The predicted molar refractivity (Wildman–Crippen MR) is 90.1 cm³/mol. The minimum Gasteiger partial charge on any atom is -0.308 e. The van der Waals surface area contributed by atoms with Gasteiger partial charge in [-0.1, -0.05) is 29.3 Å². The molecule has 108 valence electrons. The van der Waals surface area contributed by atoms with Crippen LogP contribution in [0.4, 0.5) is 5.69 Å². The molecule has 0 saturated heterocycles. The van der Waals surface area contributed by atoms with E-state index in [2.05, 4.69) is 41.1 Å². The summed E-state index contributed by atoms with van der Waals surface area (Å²) in [6, 6.07) is 12.3. The highest BCUT2D eigenvalue weighted by molar-refractivity contribution is 9.10. The van der Waals surface area contributed by atoms with E-state index in [-0.39, 0.29) is 5.91 Å². The smallest absolute Gasteiger partial charge is 0.259 e. The fourth-order valence-corrected chi connectivity index (χ4v) is 3.30. The third-order valence-corrected chi connectivity index (χ3v) is 4.64. The van der Waals surface area contributed by atoms with Crippen molar-refractivity contribution in [1.82, 2.24) is 0 Å². The number of benzene rings is 2. The van der Waals surface area contributed by atoms with E-state index in [0.717, 1.165) is 40.7 Å². The number of hydrogen-bond donors (Lipinski definition) is 0. The Balaban J connectivity index is 2.02. The second-order valence-electron chi connectivity index (χ2n) is 5.68. The van der Waals surface area contributed by atoms with Gasteiger partial charge in [-0.2, -0.15) is 0 Å². The van der Waals surface area contributed by atoms with Crippen LogP contribution in [0.2, 0.25) is 0 Å². The molecule has 0 spiro atoms. The van der Waals surface area contributed by atoms with Crippen LogP contribution < -0.4 is 4.90 Å². The summed E-state index contributed by atoms with van der Waals surface area (Å²) >= 11 is 3.50. The minimum atomic E-state index is 0.0791. The van der Waals surface area contributed by atoms with E-state index < -0.39 is 0 Å². The van der Waals surface area contributed by atoms with Crippen molar-refractivity contribution in [3.8, 4) is 0 Å². The van der Waals surface area contributed by atoms with Crippen molar-refractivity contribution in [1.29, 1.82) is 0 Å². The molecule has 0 unspecified atom stereocenters. The molecule has 0 N–H and O–H groups in total. The lowest BCUT2D eigenvalue weighted by Crippen LogP contribution is -2.35. The molecule has 1 aliphatic heterocycles. The fraction of sp³-hybridized carbons (Fsp3) is 0.278. The van der Waals surface area contributed by atoms with Gasteiger partial charge in [0, 0.05) is 16.7 Å². The summed E-state index contributed by atoms with van der Waals surface area (Å²) in [5, 5.41) is 0. The number of carbonyl (C=O) groups is 1. The molecule has 2 aromatic carbocycles. The maximum Gasteiger partial charge on any atom is 0.259 e. The molecule has 21 heavy (non-hydrogen) atoms. The maximum atomic E-state index is 12.9. The van der Waals surface area contributed by atoms with Gasteiger partial charge in [-0.3, -0.25) is 4.79 Å². The Hall–Kier alpha value is -1.61. The molecule has 0 aliphatic carbocycles. The van der Waals surface area contributed by atoms with Gasteiger partial charge in [0.15, 0.2) is 0 Å². The van der Waals surface area contributed by atoms with Gasteiger partial charge in [-0.15, -0.1) is 0 Å². The summed E-state index contributed by atoms with van der Waals surface area (Å²) in [4.78, 5) is 14.8. The zero-order valence-corrected chi connectivity index (χ0v) is 13.9. The molecule has 2 nitrogen and oxygen atoms in total. The van der Waals surface area contributed by atoms with Crippen molar-refractivity contribution in [3.63, 3.8) is 0 Å². The van der Waals surface area contributed by atoms with Crippen molar-refractivity contribution in [3.05, 3.63) is 63.1 Å². The van der Waals surface area contributed by atoms with Gasteiger partial charge in [0.2, 0.25) is 0 Å². The Labute approximate surface area is 133 Å². The van der Waals surface area contributed by atoms with Gasteiger partial charge in [0.1, 0.15) is 0 Å². The van der Waals surface area contributed by atoms with E-state index in [9.17, 15) is 4.79 Å². The number of aryl methyl sites for hydroxylation is 3. The van der Waals surface area contributed by atoms with Gasteiger partial charge in [-0.25, -0.2) is 0 Å². The van der Waals surface area contributed by atoms with Crippen LogP contribution in [-0.4, -0.2) is 12.5 Å². The third-order valence-electron chi connectivity index (χ3n) is 3.95. The molecule has 3 heteroatoms. The number of hydrogen-bond acceptors (Lipinski definition) is 1. The van der Waals surface area contributed by atoms with Crippen LogP contribution >= 0.6 is 15.9 Å². The average molecular weight is 344 g/mol. The zero-order chi connectivity index (χ0) is 15.0. The summed E-state index contributed by atoms with van der Waals surface area (Å²) < 4.78 is 0.859. The highest BCUT2D eigenvalue weighted by atomic mass is 79.9. The first-order chi connectivity index (χ1) is 10.1. The number of carbonyl (C=O) groups excluding carboxylic acids is 1. The number of amides is 1. The lowest BCUT2D eigenvalue weighted by molar-refractivity contribution is 0.0984. The van der Waals surface area contributed by atoms with Crippen LogP contribution in [0, 0.1) is 13.8 Å². The predicted octanol–water partition coefficient (Wildman–Crippen LogP) is 4.66. The number of nitrogens with zero attached hydrogens (tertiary/aromatic N) is 1. The van der Waals surface area contributed by atoms with Crippen molar-refractivity contribution >= 4 is 27.5 Å². The number of rotatable bonds is 1. The monoisotopic (exact) mass is 343 g/mol. The van der Waals surface area contributed by atoms with Gasteiger partial charge < -0.3 is 4.90 Å². The summed E-state index contributed by atoms with van der Waals surface area (Å²) in [5.41, 5.74) is 5.43. The standard InChI is InChI=1S/C18H18BrNO/c1-12-6-8-17-14(10-12)4-3-9-20(17)18(21)15-11-13(2)5-7-16(15)19/h5-8,10-11H,3-4,9H2,1-2H3. The normalized spacial score (nSPS) is 14.0. The lowest BCUT2D eigenvalue weighted by Gasteiger charge is -2.30. The van der Waals surface area contributed by atoms with Crippen LogP contribution in [0.15, 0.2) is 40.9 Å². The molecular weight excluding hydrogens is 326 g/mol. The first-order valence-corrected chi connectivity index (χ1v) is 8.03. The SMILES string of the molecule is Cc1ccc2c(c1)CCCN2C(=O)c1cc(C)ccc1Br. The quantitative estimate of drug-likeness (QED) is 0.737. The third kappa shape index (κ3) is 2.75. The minimum absolute atomic E-state index is 0.0791. The van der Waals surface area contributed by atoms with Crippen molar-refractivity contribution < 1.29 is 4.79 Å². The van der Waals surface area contributed by atoms with E-state index >= 15 is 0 Å². The Morgan fingerprint density at radius 2 is 1.81 bits per heavy atom. The summed E-state index contributed by atoms with van der Waals surface area (Å²) in [5.74, 6) is 0.0791. The van der Waals surface area contributed by atoms with Crippen molar-refractivity contribution in [2.45, 2.75) is 26.7 Å². The molecule has 0 bridgehead atoms. The first kappa shape index (κ1) is 14.3. The Kier molecular flexibility index (Phi) is 3.85. The maximum absolute atomic E-state index is 12.9. The van der Waals surface area contributed by atoms with Crippen molar-refractivity contribution in [2.75, 3.05) is 11.4 Å². The van der Waals surface area contributed by atoms with Gasteiger partial charge in [0.25, 0.3) is 5.91 Å². The molecule has 0 fully saturated rings. The van der Waals surface area contributed by atoms with Crippen LogP contribution in [0.25, 0.3) is 0 Å². The van der Waals surface area contributed by atoms with E-state index in [1.54, 1.807) is 0 Å². The van der Waals surface area contributed by atoms with E-state index in [1.165, 1.54) is 11.1 Å². The molecule has 0 radical (unpaired) electrons. The highest BCUT2D eigenvalue weighted by Crippen LogP contribution is 2.30. The summed E-state index contributed by atoms with van der Waals surface area (Å²) in [7, 11) is 0. The molecular formula is C18H18BrNO. The second-order valence-corrected chi connectivity index (χ2v) is 6.53. The van der Waals surface area contributed by atoms with Crippen LogP contribution in [0.5, 0.6) is 0 Å². The molecule has 1 aliphatic rings. The molecule has 2 aromatic rings. The fourth-order valence-electron chi connectivity index (χ4n) is 2.89. The number of halogens is 1. The lowest BCUT2D eigenvalue weighted by atomic mass is 9.98. The van der Waals surface area contributed by atoms with Crippen LogP contribution in [-0.2, 0) is 6.42 Å². The van der Waals surface area contributed by atoms with Gasteiger partial charge in [-0.05, 0) is 66.4 Å². The second kappa shape index (κ2) is 5.64. The molecule has 3 rings (SSSR count). The zero-order valence-electron chi connectivity index (χ0n) is 12.3. The number of fused-ring (bicyclic) bond motifs is 1. The summed E-state index contributed by atoms with van der Waals surface area (Å²) in [6.45, 7) is 4.89. The van der Waals surface area contributed by atoms with Gasteiger partial charge >= 0.3 is 0 Å². The number of anilines is 1. The molecule has 0 aromatic heterocycles.